The SMILES string of the molecule is C=C1Cc2c(O)cc3c(c2O)C(=O)C2(Cl)CC(Cl)C(C)(C)OC2(CC=C(C)CCC1O)C3=O. The van der Waals surface area contributed by atoms with E-state index in [0.29, 0.717) is 18.4 Å². The Morgan fingerprint density at radius 3 is 2.55 bits per heavy atom. The summed E-state index contributed by atoms with van der Waals surface area (Å²) in [7, 11) is 0. The van der Waals surface area contributed by atoms with Crippen LogP contribution in [0.5, 0.6) is 11.5 Å². The molecular weight excluding hydrogens is 467 g/mol. The molecule has 6 nitrogen and oxygen atoms in total. The second-order valence-electron chi connectivity index (χ2n) is 9.95. The maximum absolute atomic E-state index is 14.0. The molecule has 8 heteroatoms. The maximum Gasteiger partial charge on any atom is 0.198 e. The van der Waals surface area contributed by atoms with Gasteiger partial charge in [-0.05, 0) is 51.7 Å². The van der Waals surface area contributed by atoms with Gasteiger partial charge in [0, 0.05) is 24.0 Å². The van der Waals surface area contributed by atoms with E-state index in [1.165, 1.54) is 6.07 Å². The van der Waals surface area contributed by atoms with E-state index in [0.717, 1.165) is 5.57 Å². The number of hydrogen-bond donors (Lipinski definition) is 3. The van der Waals surface area contributed by atoms with Crippen LogP contribution >= 0.6 is 23.2 Å². The van der Waals surface area contributed by atoms with Crippen LogP contribution < -0.4 is 0 Å². The zero-order chi connectivity index (χ0) is 24.5. The Labute approximate surface area is 202 Å². The molecule has 0 radical (unpaired) electrons. The number of allylic oxidation sites excluding steroid dienone is 1. The molecule has 0 saturated carbocycles. The van der Waals surface area contributed by atoms with Crippen molar-refractivity contribution in [2.45, 2.75) is 80.4 Å². The zero-order valence-corrected chi connectivity index (χ0v) is 20.4. The number of ether oxygens (including phenoxy) is 1. The molecule has 1 saturated heterocycles. The Bertz CT molecular complexity index is 1110. The number of Topliss-reactive ketones (excluding diaryl/α,β-unsaturated/α-hetero) is 2. The largest absolute Gasteiger partial charge is 0.507 e. The van der Waals surface area contributed by atoms with Crippen LogP contribution in [0.4, 0.5) is 0 Å². The predicted octanol–water partition coefficient (Wildman–Crippen LogP) is 4.59. The van der Waals surface area contributed by atoms with Crippen LogP contribution in [0.15, 0.2) is 29.9 Å². The first kappa shape index (κ1) is 24.3. The molecule has 4 unspecified atom stereocenters. The molecule has 3 N–H and O–H groups in total. The highest BCUT2D eigenvalue weighted by Crippen LogP contribution is 2.57. The highest BCUT2D eigenvalue weighted by atomic mass is 35.5. The minimum Gasteiger partial charge on any atom is -0.507 e. The highest BCUT2D eigenvalue weighted by Gasteiger charge is 2.70. The Kier molecular flexibility index (Phi) is 5.77. The van der Waals surface area contributed by atoms with E-state index in [1.807, 2.05) is 6.92 Å². The topological polar surface area (TPSA) is 104 Å². The van der Waals surface area contributed by atoms with Gasteiger partial charge in [0.05, 0.1) is 22.6 Å². The first-order valence-electron chi connectivity index (χ1n) is 11.0. The van der Waals surface area contributed by atoms with Crippen molar-refractivity contribution in [3.05, 3.63) is 46.6 Å². The van der Waals surface area contributed by atoms with Crippen LogP contribution in [0.2, 0.25) is 0 Å². The number of benzene rings is 1. The summed E-state index contributed by atoms with van der Waals surface area (Å²) in [5.74, 6) is -2.16. The number of hydrogen-bond acceptors (Lipinski definition) is 6. The normalized spacial score (nSPS) is 34.1. The lowest BCUT2D eigenvalue weighted by molar-refractivity contribution is -0.157. The van der Waals surface area contributed by atoms with Gasteiger partial charge >= 0.3 is 0 Å². The summed E-state index contributed by atoms with van der Waals surface area (Å²) >= 11 is 13.6. The van der Waals surface area contributed by atoms with Crippen LogP contribution in [-0.4, -0.2) is 54.4 Å². The van der Waals surface area contributed by atoms with E-state index in [9.17, 15) is 24.9 Å². The Hall–Kier alpha value is -1.86. The fourth-order valence-corrected chi connectivity index (χ4v) is 5.88. The summed E-state index contributed by atoms with van der Waals surface area (Å²) in [6.45, 7) is 9.24. The molecule has 4 atom stereocenters. The summed E-state index contributed by atoms with van der Waals surface area (Å²) in [6, 6.07) is 1.17. The quantitative estimate of drug-likeness (QED) is 0.359. The minimum atomic E-state index is -1.85. The van der Waals surface area contributed by atoms with Gasteiger partial charge < -0.3 is 20.1 Å². The van der Waals surface area contributed by atoms with E-state index < -0.39 is 44.9 Å². The number of phenols is 2. The molecule has 6 rings (SSSR count). The first-order chi connectivity index (χ1) is 15.2. The number of aliphatic hydroxyl groups excluding tert-OH is 1. The fourth-order valence-electron chi connectivity index (χ4n) is 5.08. The number of ketones is 2. The molecule has 4 bridgehead atoms. The lowest BCUT2D eigenvalue weighted by Crippen LogP contribution is -2.72. The number of fused-ring (bicyclic) bond motifs is 1. The van der Waals surface area contributed by atoms with Crippen molar-refractivity contribution in [3.8, 4) is 11.5 Å². The zero-order valence-electron chi connectivity index (χ0n) is 18.9. The van der Waals surface area contributed by atoms with Gasteiger partial charge in [-0.25, -0.2) is 0 Å². The lowest BCUT2D eigenvalue weighted by atomic mass is 9.63. The standard InChI is InChI=1S/C25H28Cl2O6/c1-12-5-6-16(28)13(2)9-14-17(29)10-15-19(20(14)30)22(32)24(27)11-18(26)23(3,4)33-25(24,8-7-12)21(15)31/h7,10,16,18,28-30H,2,5-6,8-9,11H2,1,3-4H3. The third-order valence-corrected chi connectivity index (χ3v) is 8.61. The lowest BCUT2D eigenvalue weighted by Gasteiger charge is -2.56. The maximum atomic E-state index is 14.0. The molecule has 1 heterocycles. The van der Waals surface area contributed by atoms with E-state index in [4.69, 9.17) is 27.9 Å². The van der Waals surface area contributed by atoms with Crippen molar-refractivity contribution < 1.29 is 29.6 Å². The van der Waals surface area contributed by atoms with Gasteiger partial charge in [-0.15, -0.1) is 23.2 Å². The summed E-state index contributed by atoms with van der Waals surface area (Å²) in [4.78, 5) is 26.0. The monoisotopic (exact) mass is 494 g/mol. The summed E-state index contributed by atoms with van der Waals surface area (Å²) in [6.07, 6.45) is 1.69. The molecule has 5 aliphatic rings. The van der Waals surface area contributed by atoms with Crippen molar-refractivity contribution in [1.29, 1.82) is 0 Å². The van der Waals surface area contributed by atoms with Crippen molar-refractivity contribution >= 4 is 34.8 Å². The predicted molar refractivity (Wildman–Crippen MR) is 126 cm³/mol. The summed E-state index contributed by atoms with van der Waals surface area (Å²) < 4.78 is 6.33. The number of carbonyl (C=O) groups is 2. The molecular formula is C25H28Cl2O6. The van der Waals surface area contributed by atoms with E-state index >= 15 is 0 Å². The number of alkyl halides is 2. The van der Waals surface area contributed by atoms with Crippen LogP contribution in [0, 0.1) is 0 Å². The van der Waals surface area contributed by atoms with Crippen molar-refractivity contribution in [3.63, 3.8) is 0 Å². The van der Waals surface area contributed by atoms with Crippen LogP contribution in [-0.2, 0) is 11.2 Å². The van der Waals surface area contributed by atoms with Gasteiger partial charge in [0.2, 0.25) is 0 Å². The molecule has 1 fully saturated rings. The fraction of sp³-hybridized carbons (Fsp3) is 0.520. The number of carbonyl (C=O) groups excluding carboxylic acids is 2. The van der Waals surface area contributed by atoms with Gasteiger partial charge in [-0.1, -0.05) is 18.2 Å². The van der Waals surface area contributed by atoms with Gasteiger partial charge in [0.15, 0.2) is 17.2 Å². The average Bonchev–Trinajstić information content (AvgIpc) is 2.73. The Morgan fingerprint density at radius 1 is 1.21 bits per heavy atom. The smallest absolute Gasteiger partial charge is 0.198 e. The molecule has 178 valence electrons. The van der Waals surface area contributed by atoms with Gasteiger partial charge in [-0.3, -0.25) is 9.59 Å². The van der Waals surface area contributed by atoms with Gasteiger partial charge in [0.25, 0.3) is 0 Å². The van der Waals surface area contributed by atoms with Crippen molar-refractivity contribution in [1.82, 2.24) is 0 Å². The van der Waals surface area contributed by atoms with E-state index in [1.54, 1.807) is 19.9 Å². The molecule has 4 aliphatic carbocycles. The number of aliphatic hydroxyl groups is 1. The molecule has 33 heavy (non-hydrogen) atoms. The minimum absolute atomic E-state index is 0.000295. The van der Waals surface area contributed by atoms with Gasteiger partial charge in [0.1, 0.15) is 16.4 Å². The molecule has 1 spiro atoms. The second kappa shape index (κ2) is 7.84. The van der Waals surface area contributed by atoms with Crippen LogP contribution in [0.3, 0.4) is 0 Å². The first-order valence-corrected chi connectivity index (χ1v) is 11.8. The average molecular weight is 495 g/mol. The third kappa shape index (κ3) is 3.45. The summed E-state index contributed by atoms with van der Waals surface area (Å²) in [5, 5.41) is 31.6. The van der Waals surface area contributed by atoms with E-state index in [-0.39, 0.29) is 41.7 Å². The number of rotatable bonds is 0. The molecule has 1 aliphatic heterocycles. The van der Waals surface area contributed by atoms with Gasteiger partial charge in [-0.2, -0.15) is 0 Å². The number of halogens is 2. The van der Waals surface area contributed by atoms with Crippen LogP contribution in [0.1, 0.15) is 72.7 Å². The molecule has 0 aromatic heterocycles. The van der Waals surface area contributed by atoms with Crippen molar-refractivity contribution in [2.75, 3.05) is 0 Å². The second-order valence-corrected chi connectivity index (χ2v) is 11.1. The van der Waals surface area contributed by atoms with Crippen molar-refractivity contribution in [2.24, 2.45) is 0 Å². The third-order valence-electron chi connectivity index (χ3n) is 7.30. The molecule has 1 aromatic carbocycles. The number of aromatic hydroxyl groups is 2. The molecule has 0 amide bonds. The highest BCUT2D eigenvalue weighted by molar-refractivity contribution is 6.45. The Balaban J connectivity index is 2.05. The summed E-state index contributed by atoms with van der Waals surface area (Å²) in [5.41, 5.74) is -1.87. The number of phenolic OH excluding ortho intramolecular Hbond substituents is 2. The molecule has 1 aromatic rings. The van der Waals surface area contributed by atoms with E-state index in [2.05, 4.69) is 6.58 Å². The Morgan fingerprint density at radius 2 is 1.88 bits per heavy atom. The van der Waals surface area contributed by atoms with Crippen LogP contribution in [0.25, 0.3) is 0 Å².